The third kappa shape index (κ3) is 5.91. The third-order valence-corrected chi connectivity index (χ3v) is 3.63. The molecule has 2 N–H and O–H groups in total. The van der Waals surface area contributed by atoms with Gasteiger partial charge in [0, 0.05) is 12.1 Å². The molecule has 1 aromatic carbocycles. The molecular weight excluding hydrogens is 299 g/mol. The van der Waals surface area contributed by atoms with Crippen LogP contribution in [0.1, 0.15) is 23.2 Å². The molecule has 0 saturated carbocycles. The molecule has 0 aromatic heterocycles. The van der Waals surface area contributed by atoms with E-state index in [9.17, 15) is 26.4 Å². The smallest absolute Gasteiger partial charge is 0.389 e. The number of alkyl halides is 3. The van der Waals surface area contributed by atoms with Crippen LogP contribution in [0.25, 0.3) is 0 Å². The highest BCUT2D eigenvalue weighted by molar-refractivity contribution is 7.92. The third-order valence-electron chi connectivity index (χ3n) is 2.26. The fraction of sp³-hybridized carbons (Fsp3) is 0.364. The van der Waals surface area contributed by atoms with E-state index in [0.717, 1.165) is 6.07 Å². The number of carbonyl (C=O) groups is 1. The maximum atomic E-state index is 11.9. The first-order valence-electron chi connectivity index (χ1n) is 5.50. The van der Waals surface area contributed by atoms with Gasteiger partial charge in [0.05, 0.1) is 11.3 Å². The van der Waals surface area contributed by atoms with E-state index in [1.54, 1.807) is 0 Å². The minimum absolute atomic E-state index is 0.00286. The number of halogens is 3. The zero-order valence-corrected chi connectivity index (χ0v) is 11.0. The molecular formula is C11H12F3NO4S. The van der Waals surface area contributed by atoms with Gasteiger partial charge in [-0.1, -0.05) is 6.07 Å². The van der Waals surface area contributed by atoms with Crippen LogP contribution in [0.5, 0.6) is 0 Å². The molecule has 0 spiro atoms. The average Bonchev–Trinajstić information content (AvgIpc) is 2.26. The number of benzene rings is 1. The van der Waals surface area contributed by atoms with Gasteiger partial charge in [0.25, 0.3) is 0 Å². The highest BCUT2D eigenvalue weighted by Crippen LogP contribution is 2.22. The van der Waals surface area contributed by atoms with E-state index in [0.29, 0.717) is 0 Å². The van der Waals surface area contributed by atoms with Crippen molar-refractivity contribution in [3.8, 4) is 0 Å². The molecule has 0 fully saturated rings. The Labute approximate surface area is 113 Å². The lowest BCUT2D eigenvalue weighted by atomic mass is 10.2. The first kappa shape index (κ1) is 16.3. The summed E-state index contributed by atoms with van der Waals surface area (Å²) >= 11 is 0. The van der Waals surface area contributed by atoms with Crippen LogP contribution < -0.4 is 4.72 Å². The predicted octanol–water partition coefficient (Wildman–Crippen LogP) is 2.47. The molecule has 0 atom stereocenters. The van der Waals surface area contributed by atoms with Crippen LogP contribution in [0.15, 0.2) is 24.3 Å². The molecule has 9 heteroatoms. The molecule has 0 aliphatic heterocycles. The Morgan fingerprint density at radius 2 is 1.95 bits per heavy atom. The van der Waals surface area contributed by atoms with Crippen LogP contribution in [0, 0.1) is 0 Å². The van der Waals surface area contributed by atoms with Crippen molar-refractivity contribution in [1.29, 1.82) is 0 Å². The second kappa shape index (κ2) is 6.12. The molecule has 0 unspecified atom stereocenters. The predicted molar refractivity (Wildman–Crippen MR) is 66.1 cm³/mol. The maximum Gasteiger partial charge on any atom is 0.389 e. The van der Waals surface area contributed by atoms with E-state index in [-0.39, 0.29) is 11.3 Å². The van der Waals surface area contributed by atoms with E-state index < -0.39 is 40.8 Å². The summed E-state index contributed by atoms with van der Waals surface area (Å²) < 4.78 is 60.9. The van der Waals surface area contributed by atoms with E-state index in [2.05, 4.69) is 0 Å². The molecule has 5 nitrogen and oxygen atoms in total. The van der Waals surface area contributed by atoms with Crippen molar-refractivity contribution in [2.45, 2.75) is 19.0 Å². The molecule has 1 aromatic rings. The number of carboxylic acids is 1. The highest BCUT2D eigenvalue weighted by Gasteiger charge is 2.27. The molecule has 1 rings (SSSR count). The number of aromatic carboxylic acids is 1. The second-order valence-electron chi connectivity index (χ2n) is 4.03. The van der Waals surface area contributed by atoms with Gasteiger partial charge in [-0.15, -0.1) is 0 Å². The van der Waals surface area contributed by atoms with Crippen LogP contribution in [0.2, 0.25) is 0 Å². The summed E-state index contributed by atoms with van der Waals surface area (Å²) in [5.74, 6) is -1.92. The Balaban J connectivity index is 2.67. The molecule has 0 aliphatic rings. The minimum atomic E-state index is -4.40. The number of anilines is 1. The normalized spacial score (nSPS) is 12.2. The summed E-state index contributed by atoms with van der Waals surface area (Å²) in [6.07, 6.45) is -6.15. The molecule has 0 radical (unpaired) electrons. The summed E-state index contributed by atoms with van der Waals surface area (Å²) in [4.78, 5) is 10.7. The number of rotatable bonds is 6. The van der Waals surface area contributed by atoms with Crippen molar-refractivity contribution in [3.63, 3.8) is 0 Å². The van der Waals surface area contributed by atoms with Crippen molar-refractivity contribution in [2.75, 3.05) is 10.5 Å². The summed E-state index contributed by atoms with van der Waals surface area (Å²) in [5, 5.41) is 8.74. The van der Waals surface area contributed by atoms with E-state index in [1.165, 1.54) is 18.2 Å². The maximum absolute atomic E-state index is 11.9. The topological polar surface area (TPSA) is 83.5 Å². The number of hydrogen-bond donors (Lipinski definition) is 2. The van der Waals surface area contributed by atoms with Crippen molar-refractivity contribution in [3.05, 3.63) is 29.8 Å². The monoisotopic (exact) mass is 311 g/mol. The molecule has 0 bridgehead atoms. The highest BCUT2D eigenvalue weighted by atomic mass is 32.2. The van der Waals surface area contributed by atoms with Crippen LogP contribution in [-0.2, 0) is 10.0 Å². The standard InChI is InChI=1S/C11H12F3NO4S/c12-11(13,14)5-2-6-20(18,19)15-9-4-1-3-8(7-9)10(16)17/h1,3-4,7,15H,2,5-6H2,(H,16,17). The Morgan fingerprint density at radius 3 is 2.50 bits per heavy atom. The van der Waals surface area contributed by atoms with Gasteiger partial charge in [0.1, 0.15) is 0 Å². The summed E-state index contributed by atoms with van der Waals surface area (Å²) in [5.41, 5.74) is -0.127. The summed E-state index contributed by atoms with van der Waals surface area (Å²) in [6.45, 7) is 0. The molecule has 0 aliphatic carbocycles. The van der Waals surface area contributed by atoms with Crippen molar-refractivity contribution in [2.24, 2.45) is 0 Å². The number of hydrogen-bond acceptors (Lipinski definition) is 3. The van der Waals surface area contributed by atoms with Gasteiger partial charge < -0.3 is 5.11 Å². The minimum Gasteiger partial charge on any atom is -0.478 e. The fourth-order valence-corrected chi connectivity index (χ4v) is 2.52. The fourth-order valence-electron chi connectivity index (χ4n) is 1.41. The zero-order chi connectivity index (χ0) is 15.4. The Morgan fingerprint density at radius 1 is 1.30 bits per heavy atom. The lowest BCUT2D eigenvalue weighted by Crippen LogP contribution is -2.19. The Hall–Kier alpha value is -1.77. The lowest BCUT2D eigenvalue weighted by Gasteiger charge is -2.09. The first-order valence-corrected chi connectivity index (χ1v) is 7.15. The lowest BCUT2D eigenvalue weighted by molar-refractivity contribution is -0.134. The van der Waals surface area contributed by atoms with Gasteiger partial charge in [-0.25, -0.2) is 13.2 Å². The van der Waals surface area contributed by atoms with Gasteiger partial charge in [-0.2, -0.15) is 13.2 Å². The second-order valence-corrected chi connectivity index (χ2v) is 5.87. The molecule has 20 heavy (non-hydrogen) atoms. The summed E-state index contributed by atoms with van der Waals surface area (Å²) in [6, 6.07) is 5.00. The van der Waals surface area contributed by atoms with E-state index >= 15 is 0 Å². The molecule has 0 amide bonds. The number of sulfonamides is 1. The van der Waals surface area contributed by atoms with Gasteiger partial charge in [0.15, 0.2) is 0 Å². The van der Waals surface area contributed by atoms with Gasteiger partial charge in [0.2, 0.25) is 10.0 Å². The average molecular weight is 311 g/mol. The van der Waals surface area contributed by atoms with Gasteiger partial charge >= 0.3 is 12.1 Å². The zero-order valence-electron chi connectivity index (χ0n) is 10.1. The molecule has 0 saturated heterocycles. The SMILES string of the molecule is O=C(O)c1cccc(NS(=O)(=O)CCCC(F)(F)F)c1. The van der Waals surface area contributed by atoms with E-state index in [1.807, 2.05) is 4.72 Å². The Bertz CT molecular complexity index is 584. The van der Waals surface area contributed by atoms with Gasteiger partial charge in [-0.3, -0.25) is 4.72 Å². The van der Waals surface area contributed by atoms with Gasteiger partial charge in [-0.05, 0) is 24.6 Å². The Kier molecular flexibility index (Phi) is 4.98. The van der Waals surface area contributed by atoms with Crippen molar-refractivity contribution >= 4 is 21.7 Å². The quantitative estimate of drug-likeness (QED) is 0.845. The first-order chi connectivity index (χ1) is 9.09. The van der Waals surface area contributed by atoms with Crippen LogP contribution in [0.3, 0.4) is 0 Å². The van der Waals surface area contributed by atoms with E-state index in [4.69, 9.17) is 5.11 Å². The molecule has 112 valence electrons. The van der Waals surface area contributed by atoms with Crippen molar-refractivity contribution < 1.29 is 31.5 Å². The largest absolute Gasteiger partial charge is 0.478 e. The van der Waals surface area contributed by atoms with Crippen LogP contribution in [0.4, 0.5) is 18.9 Å². The number of nitrogens with one attached hydrogen (secondary N) is 1. The van der Waals surface area contributed by atoms with Crippen molar-refractivity contribution in [1.82, 2.24) is 0 Å². The molecule has 0 heterocycles. The van der Waals surface area contributed by atoms with Crippen LogP contribution >= 0.6 is 0 Å². The number of carboxylic acid groups (broad SMARTS) is 1. The van der Waals surface area contributed by atoms with Crippen LogP contribution in [-0.4, -0.2) is 31.4 Å². The summed E-state index contributed by atoms with van der Waals surface area (Å²) in [7, 11) is -3.94.